The molecule has 7 heteroatoms. The lowest BCUT2D eigenvalue weighted by molar-refractivity contribution is 0.0926. The van der Waals surface area contributed by atoms with E-state index in [4.69, 9.17) is 4.74 Å². The van der Waals surface area contributed by atoms with Crippen LogP contribution in [0.1, 0.15) is 48.2 Å². The summed E-state index contributed by atoms with van der Waals surface area (Å²) in [4.78, 5) is 16.7. The molecule has 31 heavy (non-hydrogen) atoms. The maximum Gasteiger partial charge on any atom is 0.280 e. The number of ether oxygens (including phenoxy) is 1. The Morgan fingerprint density at radius 3 is 2.58 bits per heavy atom. The predicted molar refractivity (Wildman–Crippen MR) is 117 cm³/mol. The lowest BCUT2D eigenvalue weighted by Gasteiger charge is -2.31. The Labute approximate surface area is 179 Å². The second-order valence-corrected chi connectivity index (χ2v) is 7.82. The summed E-state index contributed by atoms with van der Waals surface area (Å²) in [5.74, 6) is 0.578. The molecule has 4 rings (SSSR count). The van der Waals surface area contributed by atoms with Crippen molar-refractivity contribution < 1.29 is 18.3 Å². The number of fused-ring (bicyclic) bond motifs is 1. The fraction of sp³-hybridized carbons (Fsp3) is 0.333. The molecule has 2 atom stereocenters. The molecule has 1 aliphatic carbocycles. The van der Waals surface area contributed by atoms with Crippen LogP contribution in [0.5, 0.6) is 5.75 Å². The zero-order chi connectivity index (χ0) is 21.8. The van der Waals surface area contributed by atoms with Crippen LogP contribution >= 0.6 is 0 Å². The van der Waals surface area contributed by atoms with E-state index >= 15 is 0 Å². The van der Waals surface area contributed by atoms with Gasteiger partial charge in [-0.25, -0.2) is 13.8 Å². The number of methoxy groups -OCH3 is 1. The van der Waals surface area contributed by atoms with Crippen molar-refractivity contribution in [3.8, 4) is 5.75 Å². The number of halogens is 2. The average molecular weight is 425 g/mol. The van der Waals surface area contributed by atoms with Crippen molar-refractivity contribution in [1.82, 2.24) is 10.3 Å². The summed E-state index contributed by atoms with van der Waals surface area (Å²) in [7, 11) is 1.58. The van der Waals surface area contributed by atoms with E-state index in [1.54, 1.807) is 43.5 Å². The molecule has 1 aliphatic rings. The topological polar surface area (TPSA) is 63.2 Å². The highest BCUT2D eigenvalue weighted by molar-refractivity contribution is 5.94. The molecule has 1 saturated carbocycles. The molecule has 5 nitrogen and oxygen atoms in total. The first-order chi connectivity index (χ1) is 15.0. The molecule has 0 unspecified atom stereocenters. The van der Waals surface area contributed by atoms with Gasteiger partial charge in [0.05, 0.1) is 12.6 Å². The molecule has 3 aromatic rings. The Morgan fingerprint density at radius 2 is 1.84 bits per heavy atom. The second-order valence-electron chi connectivity index (χ2n) is 7.82. The summed E-state index contributed by atoms with van der Waals surface area (Å²) >= 11 is 0. The van der Waals surface area contributed by atoms with Gasteiger partial charge in [-0.2, -0.15) is 0 Å². The number of para-hydroxylation sites is 1. The van der Waals surface area contributed by atoms with Crippen molar-refractivity contribution in [3.05, 3.63) is 65.9 Å². The van der Waals surface area contributed by atoms with Gasteiger partial charge in [0.2, 0.25) is 0 Å². The smallest absolute Gasteiger partial charge is 0.280 e. The van der Waals surface area contributed by atoms with Gasteiger partial charge in [-0.05, 0) is 62.1 Å². The van der Waals surface area contributed by atoms with Gasteiger partial charge >= 0.3 is 0 Å². The minimum atomic E-state index is -2.63. The van der Waals surface area contributed by atoms with Gasteiger partial charge in [-0.1, -0.05) is 18.2 Å². The molecule has 0 spiro atoms. The van der Waals surface area contributed by atoms with Crippen molar-refractivity contribution >= 4 is 22.5 Å². The highest BCUT2D eigenvalue weighted by atomic mass is 19.3. The van der Waals surface area contributed by atoms with Gasteiger partial charge in [-0.15, -0.1) is 0 Å². The molecular formula is C24H25F2N3O2. The first-order valence-corrected chi connectivity index (χ1v) is 10.4. The molecule has 1 amide bonds. The zero-order valence-electron chi connectivity index (χ0n) is 17.3. The maximum atomic E-state index is 13.3. The summed E-state index contributed by atoms with van der Waals surface area (Å²) < 4.78 is 31.8. The first-order valence-electron chi connectivity index (χ1n) is 10.4. The SMILES string of the molecule is COc1ccc(C(=O)N[C@@H]2CCC[C@H](Nc3cc(C(F)F)nc4ccccc34)C2)cc1. The summed E-state index contributed by atoms with van der Waals surface area (Å²) in [5, 5.41) is 7.36. The van der Waals surface area contributed by atoms with Crippen LogP contribution < -0.4 is 15.4 Å². The third-order valence-electron chi connectivity index (χ3n) is 5.68. The molecule has 1 fully saturated rings. The largest absolute Gasteiger partial charge is 0.497 e. The normalized spacial score (nSPS) is 18.7. The first kappa shape index (κ1) is 21.0. The number of alkyl halides is 2. The average Bonchev–Trinajstić information content (AvgIpc) is 2.79. The number of nitrogens with one attached hydrogen (secondary N) is 2. The van der Waals surface area contributed by atoms with Gasteiger partial charge in [-0.3, -0.25) is 4.79 Å². The Kier molecular flexibility index (Phi) is 6.30. The fourth-order valence-electron chi connectivity index (χ4n) is 4.11. The van der Waals surface area contributed by atoms with E-state index in [9.17, 15) is 13.6 Å². The minimum Gasteiger partial charge on any atom is -0.497 e. The number of pyridine rings is 1. The van der Waals surface area contributed by atoms with E-state index in [1.807, 2.05) is 12.1 Å². The van der Waals surface area contributed by atoms with Crippen molar-refractivity contribution in [3.63, 3.8) is 0 Å². The van der Waals surface area contributed by atoms with Crippen LogP contribution in [0.15, 0.2) is 54.6 Å². The summed E-state index contributed by atoms with van der Waals surface area (Å²) in [6, 6.07) is 15.8. The van der Waals surface area contributed by atoms with Crippen LogP contribution in [-0.4, -0.2) is 30.1 Å². The number of amides is 1. The highest BCUT2D eigenvalue weighted by Crippen LogP contribution is 2.30. The number of hydrogen-bond acceptors (Lipinski definition) is 4. The van der Waals surface area contributed by atoms with Gasteiger partial charge in [0.1, 0.15) is 11.4 Å². The van der Waals surface area contributed by atoms with E-state index in [-0.39, 0.29) is 23.7 Å². The molecule has 162 valence electrons. The molecule has 2 aromatic carbocycles. The summed E-state index contributed by atoms with van der Waals surface area (Å²) in [5.41, 5.74) is 1.55. The lowest BCUT2D eigenvalue weighted by atomic mass is 9.90. The standard InChI is InChI=1S/C24H25F2N3O2/c1-31-18-11-9-15(10-12-18)24(30)28-17-6-4-5-16(13-17)27-21-14-22(23(25)26)29-20-8-3-2-7-19(20)21/h2-3,7-12,14,16-17,23H,4-6,13H2,1H3,(H,27,29)(H,28,30)/t16-,17+/m0/s1. The minimum absolute atomic E-state index is 0.0172. The third kappa shape index (κ3) is 4.93. The van der Waals surface area contributed by atoms with E-state index in [1.165, 1.54) is 6.07 Å². The predicted octanol–water partition coefficient (Wildman–Crippen LogP) is 5.33. The fourth-order valence-corrected chi connectivity index (χ4v) is 4.11. The maximum absolute atomic E-state index is 13.3. The Hall–Kier alpha value is -3.22. The second kappa shape index (κ2) is 9.29. The summed E-state index contributed by atoms with van der Waals surface area (Å²) in [6.07, 6.45) is 0.834. The molecule has 0 aliphatic heterocycles. The van der Waals surface area contributed by atoms with E-state index in [2.05, 4.69) is 15.6 Å². The highest BCUT2D eigenvalue weighted by Gasteiger charge is 2.24. The van der Waals surface area contributed by atoms with Gasteiger partial charge in [0.15, 0.2) is 0 Å². The Morgan fingerprint density at radius 1 is 1.10 bits per heavy atom. The van der Waals surface area contributed by atoms with Crippen LogP contribution in [0.3, 0.4) is 0 Å². The Bertz CT molecular complexity index is 1060. The number of rotatable bonds is 6. The van der Waals surface area contributed by atoms with Gasteiger partial charge in [0.25, 0.3) is 12.3 Å². The van der Waals surface area contributed by atoms with Gasteiger partial charge < -0.3 is 15.4 Å². The van der Waals surface area contributed by atoms with Crippen molar-refractivity contribution in [2.75, 3.05) is 12.4 Å². The van der Waals surface area contributed by atoms with Crippen molar-refractivity contribution in [2.24, 2.45) is 0 Å². The van der Waals surface area contributed by atoms with Crippen LogP contribution in [0.25, 0.3) is 10.9 Å². The van der Waals surface area contributed by atoms with Crippen molar-refractivity contribution in [1.29, 1.82) is 0 Å². The summed E-state index contributed by atoms with van der Waals surface area (Å²) in [6.45, 7) is 0. The van der Waals surface area contributed by atoms with Crippen LogP contribution in [0.4, 0.5) is 14.5 Å². The number of carbonyl (C=O) groups excluding carboxylic acids is 1. The Balaban J connectivity index is 1.46. The van der Waals surface area contributed by atoms with E-state index in [0.29, 0.717) is 22.5 Å². The molecular weight excluding hydrogens is 400 g/mol. The lowest BCUT2D eigenvalue weighted by Crippen LogP contribution is -2.41. The third-order valence-corrected chi connectivity index (χ3v) is 5.68. The monoisotopic (exact) mass is 425 g/mol. The molecule has 0 bridgehead atoms. The van der Waals surface area contributed by atoms with Crippen LogP contribution in [-0.2, 0) is 0 Å². The molecule has 1 heterocycles. The number of aromatic nitrogens is 1. The number of carbonyl (C=O) groups is 1. The quantitative estimate of drug-likeness (QED) is 0.560. The van der Waals surface area contributed by atoms with E-state index in [0.717, 1.165) is 31.1 Å². The number of anilines is 1. The van der Waals surface area contributed by atoms with Crippen LogP contribution in [0.2, 0.25) is 0 Å². The van der Waals surface area contributed by atoms with Crippen molar-refractivity contribution in [2.45, 2.75) is 44.2 Å². The number of nitrogens with zero attached hydrogens (tertiary/aromatic N) is 1. The number of hydrogen-bond donors (Lipinski definition) is 2. The number of benzene rings is 2. The zero-order valence-corrected chi connectivity index (χ0v) is 17.3. The van der Waals surface area contributed by atoms with Gasteiger partial charge in [0, 0.05) is 28.7 Å². The van der Waals surface area contributed by atoms with Crippen LogP contribution in [0, 0.1) is 0 Å². The molecule has 2 N–H and O–H groups in total. The molecule has 0 radical (unpaired) electrons. The molecule has 1 aromatic heterocycles. The van der Waals surface area contributed by atoms with E-state index < -0.39 is 6.43 Å². The molecule has 0 saturated heterocycles.